The number of β-amino-alcohol motifs (C(OH)–C–C–N with tert-alkyl or cyclic N) is 1. The largest absolute Gasteiger partial charge is 0.495 e. The Labute approximate surface area is 188 Å². The summed E-state index contributed by atoms with van der Waals surface area (Å²) in [5, 5.41) is 24.8. The van der Waals surface area contributed by atoms with Crippen molar-refractivity contribution in [3.8, 4) is 5.75 Å². The zero-order chi connectivity index (χ0) is 21.8. The van der Waals surface area contributed by atoms with Gasteiger partial charge in [-0.05, 0) is 37.0 Å². The molecule has 1 aliphatic carbocycles. The van der Waals surface area contributed by atoms with Gasteiger partial charge in [0.1, 0.15) is 22.1 Å². The van der Waals surface area contributed by atoms with Gasteiger partial charge in [-0.3, -0.25) is 4.21 Å². The molecule has 1 aromatic carbocycles. The standard InChI is InChI=1S/C21H25ClN4O4S/c1-30-16-9-13(3-4-14(16)22)21(28)10-26(11-21)19-23-15-5-8-31(29)17(15)18(24-19)25-20(12-27)6-2-7-20/h3-4,9,27-28H,2,5-8,10-12H2,1H3,(H,23,24,25). The maximum absolute atomic E-state index is 12.6. The minimum Gasteiger partial charge on any atom is -0.495 e. The zero-order valence-corrected chi connectivity index (χ0v) is 18.8. The molecule has 2 fully saturated rings. The van der Waals surface area contributed by atoms with E-state index in [0.29, 0.717) is 52.7 Å². The van der Waals surface area contributed by atoms with E-state index in [4.69, 9.17) is 16.3 Å². The van der Waals surface area contributed by atoms with Crippen molar-refractivity contribution in [1.29, 1.82) is 0 Å². The average Bonchev–Trinajstić information content (AvgIpc) is 3.09. The molecular formula is C21H25ClN4O4S. The second-order valence-electron chi connectivity index (χ2n) is 8.60. The summed E-state index contributed by atoms with van der Waals surface area (Å²) in [4.78, 5) is 11.9. The van der Waals surface area contributed by atoms with Gasteiger partial charge in [-0.1, -0.05) is 17.7 Å². The van der Waals surface area contributed by atoms with E-state index in [0.717, 1.165) is 30.5 Å². The lowest BCUT2D eigenvalue weighted by molar-refractivity contribution is 0.00633. The number of ether oxygens (including phenoxy) is 1. The lowest BCUT2D eigenvalue weighted by atomic mass is 9.77. The quantitative estimate of drug-likeness (QED) is 0.594. The number of rotatable bonds is 6. The molecule has 2 aliphatic heterocycles. The van der Waals surface area contributed by atoms with Gasteiger partial charge in [0.15, 0.2) is 0 Å². The number of aliphatic hydroxyl groups is 2. The number of halogens is 1. The van der Waals surface area contributed by atoms with Crippen LogP contribution in [0.2, 0.25) is 5.02 Å². The average molecular weight is 465 g/mol. The third-order valence-corrected chi connectivity index (χ3v) is 8.32. The molecule has 166 valence electrons. The number of hydrogen-bond acceptors (Lipinski definition) is 8. The number of benzene rings is 1. The first-order valence-electron chi connectivity index (χ1n) is 10.4. The van der Waals surface area contributed by atoms with Crippen LogP contribution >= 0.6 is 11.6 Å². The summed E-state index contributed by atoms with van der Waals surface area (Å²) in [7, 11) is 0.398. The number of anilines is 2. The summed E-state index contributed by atoms with van der Waals surface area (Å²) in [6, 6.07) is 5.26. The molecule has 0 amide bonds. The van der Waals surface area contributed by atoms with Crippen LogP contribution in [0.15, 0.2) is 23.1 Å². The molecule has 1 saturated carbocycles. The molecule has 1 aromatic heterocycles. The Bertz CT molecular complexity index is 1050. The van der Waals surface area contributed by atoms with Crippen molar-refractivity contribution < 1.29 is 19.2 Å². The number of fused-ring (bicyclic) bond motifs is 1. The fourth-order valence-corrected chi connectivity index (χ4v) is 5.95. The minimum absolute atomic E-state index is 0.00953. The van der Waals surface area contributed by atoms with Gasteiger partial charge in [0.2, 0.25) is 5.95 Å². The number of nitrogens with zero attached hydrogens (tertiary/aromatic N) is 3. The number of aromatic nitrogens is 2. The first kappa shape index (κ1) is 20.9. The summed E-state index contributed by atoms with van der Waals surface area (Å²) < 4.78 is 17.8. The second kappa shape index (κ2) is 7.58. The zero-order valence-electron chi connectivity index (χ0n) is 17.2. The van der Waals surface area contributed by atoms with Crippen LogP contribution in [0, 0.1) is 0 Å². The first-order chi connectivity index (χ1) is 14.9. The SMILES string of the molecule is COc1cc(C2(O)CN(c3nc4c(c(NC5(CO)CCC5)n3)S(=O)CC4)C2)ccc1Cl. The molecule has 3 N–H and O–H groups in total. The highest BCUT2D eigenvalue weighted by molar-refractivity contribution is 7.85. The van der Waals surface area contributed by atoms with Crippen molar-refractivity contribution in [3.63, 3.8) is 0 Å². The molecule has 1 atom stereocenters. The predicted molar refractivity (Wildman–Crippen MR) is 118 cm³/mol. The molecule has 2 aromatic rings. The molecule has 3 heterocycles. The van der Waals surface area contributed by atoms with Crippen LogP contribution in [-0.2, 0) is 22.8 Å². The number of methoxy groups -OCH3 is 1. The Hall–Kier alpha value is -1.94. The number of aliphatic hydroxyl groups excluding tert-OH is 1. The van der Waals surface area contributed by atoms with Crippen LogP contribution in [0.5, 0.6) is 5.75 Å². The fraction of sp³-hybridized carbons (Fsp3) is 0.524. The van der Waals surface area contributed by atoms with Crippen molar-refractivity contribution in [3.05, 3.63) is 34.5 Å². The van der Waals surface area contributed by atoms with Crippen molar-refractivity contribution >= 4 is 34.2 Å². The van der Waals surface area contributed by atoms with Gasteiger partial charge < -0.3 is 25.2 Å². The molecule has 8 nitrogen and oxygen atoms in total. The Morgan fingerprint density at radius 1 is 1.32 bits per heavy atom. The van der Waals surface area contributed by atoms with E-state index in [2.05, 4.69) is 15.3 Å². The minimum atomic E-state index is -1.14. The molecular weight excluding hydrogens is 440 g/mol. The van der Waals surface area contributed by atoms with E-state index in [1.165, 1.54) is 0 Å². The van der Waals surface area contributed by atoms with Crippen LogP contribution in [0.4, 0.5) is 11.8 Å². The van der Waals surface area contributed by atoms with Gasteiger partial charge in [0, 0.05) is 12.2 Å². The molecule has 0 spiro atoms. The smallest absolute Gasteiger partial charge is 0.227 e. The van der Waals surface area contributed by atoms with E-state index in [1.807, 2.05) is 4.90 Å². The Kier molecular flexibility index (Phi) is 5.12. The Morgan fingerprint density at radius 3 is 2.74 bits per heavy atom. The van der Waals surface area contributed by atoms with Crippen LogP contribution in [0.3, 0.4) is 0 Å². The molecule has 0 radical (unpaired) electrons. The monoisotopic (exact) mass is 464 g/mol. The third-order valence-electron chi connectivity index (χ3n) is 6.55. The maximum atomic E-state index is 12.6. The van der Waals surface area contributed by atoms with Gasteiger partial charge in [-0.25, -0.2) is 4.98 Å². The molecule has 3 aliphatic rings. The van der Waals surface area contributed by atoms with Crippen LogP contribution in [-0.4, -0.2) is 62.5 Å². The summed E-state index contributed by atoms with van der Waals surface area (Å²) in [6.45, 7) is 0.657. The summed E-state index contributed by atoms with van der Waals surface area (Å²) >= 11 is 6.11. The van der Waals surface area contributed by atoms with Gasteiger partial charge >= 0.3 is 0 Å². The lowest BCUT2D eigenvalue weighted by Crippen LogP contribution is -2.60. The van der Waals surface area contributed by atoms with Crippen LogP contribution in [0.1, 0.15) is 30.5 Å². The van der Waals surface area contributed by atoms with E-state index < -0.39 is 21.9 Å². The second-order valence-corrected chi connectivity index (χ2v) is 10.5. The summed E-state index contributed by atoms with van der Waals surface area (Å²) in [6.07, 6.45) is 3.38. The van der Waals surface area contributed by atoms with E-state index in [1.54, 1.807) is 25.3 Å². The van der Waals surface area contributed by atoms with Gasteiger partial charge in [-0.2, -0.15) is 4.98 Å². The van der Waals surface area contributed by atoms with Gasteiger partial charge in [0.05, 0.1) is 53.9 Å². The maximum Gasteiger partial charge on any atom is 0.227 e. The van der Waals surface area contributed by atoms with Crippen LogP contribution in [0.25, 0.3) is 0 Å². The molecule has 5 rings (SSSR count). The summed E-state index contributed by atoms with van der Waals surface area (Å²) in [5.74, 6) is 2.10. The van der Waals surface area contributed by atoms with Crippen molar-refractivity contribution in [2.45, 2.75) is 41.7 Å². The first-order valence-corrected chi connectivity index (χ1v) is 12.1. The Morgan fingerprint density at radius 2 is 2.10 bits per heavy atom. The number of aryl methyl sites for hydroxylation is 1. The highest BCUT2D eigenvalue weighted by Crippen LogP contribution is 2.41. The highest BCUT2D eigenvalue weighted by Gasteiger charge is 2.45. The van der Waals surface area contributed by atoms with Crippen molar-refractivity contribution in [2.75, 3.05) is 42.8 Å². The fourth-order valence-electron chi connectivity index (χ4n) is 4.45. The Balaban J connectivity index is 1.42. The van der Waals surface area contributed by atoms with Crippen molar-refractivity contribution in [2.24, 2.45) is 0 Å². The van der Waals surface area contributed by atoms with Gasteiger partial charge in [0.25, 0.3) is 0 Å². The predicted octanol–water partition coefficient (Wildman–Crippen LogP) is 1.84. The third kappa shape index (κ3) is 3.47. The summed E-state index contributed by atoms with van der Waals surface area (Å²) in [5.41, 5.74) is 0.0414. The molecule has 10 heteroatoms. The van der Waals surface area contributed by atoms with Gasteiger partial charge in [-0.15, -0.1) is 0 Å². The van der Waals surface area contributed by atoms with E-state index in [9.17, 15) is 14.4 Å². The van der Waals surface area contributed by atoms with Crippen molar-refractivity contribution in [1.82, 2.24) is 9.97 Å². The molecule has 0 bridgehead atoms. The van der Waals surface area contributed by atoms with E-state index in [-0.39, 0.29) is 6.61 Å². The lowest BCUT2D eigenvalue weighted by Gasteiger charge is -2.47. The van der Waals surface area contributed by atoms with E-state index >= 15 is 0 Å². The normalized spacial score (nSPS) is 23.0. The number of nitrogens with one attached hydrogen (secondary N) is 1. The van der Waals surface area contributed by atoms with Crippen LogP contribution < -0.4 is 15.0 Å². The highest BCUT2D eigenvalue weighted by atomic mass is 35.5. The molecule has 1 saturated heterocycles. The number of hydrogen-bond donors (Lipinski definition) is 3. The molecule has 31 heavy (non-hydrogen) atoms. The topological polar surface area (TPSA) is 108 Å². The molecule has 1 unspecified atom stereocenters.